The largest absolute Gasteiger partial charge is 0.465 e. The standard InChI is InChI=1S/C14H19FN2O4S.ClH/c1-21-14(18)11-6-5-10(15)7-13(11)22(19,20)17-12-4-2-3-9(12)8-16;/h5-7,9,12,17H,2-4,8,16H2,1H3;1H. The van der Waals surface area contributed by atoms with Gasteiger partial charge in [0.15, 0.2) is 0 Å². The van der Waals surface area contributed by atoms with Crippen molar-refractivity contribution in [2.45, 2.75) is 30.2 Å². The summed E-state index contributed by atoms with van der Waals surface area (Å²) in [6.07, 6.45) is 2.39. The minimum Gasteiger partial charge on any atom is -0.465 e. The smallest absolute Gasteiger partial charge is 0.339 e. The highest BCUT2D eigenvalue weighted by Gasteiger charge is 2.32. The highest BCUT2D eigenvalue weighted by Crippen LogP contribution is 2.27. The van der Waals surface area contributed by atoms with Crippen molar-refractivity contribution in [1.82, 2.24) is 4.72 Å². The Hall–Kier alpha value is -1.22. The van der Waals surface area contributed by atoms with Gasteiger partial charge in [0, 0.05) is 6.04 Å². The van der Waals surface area contributed by atoms with Crippen LogP contribution in [0.5, 0.6) is 0 Å². The second kappa shape index (κ2) is 8.05. The molecule has 2 unspecified atom stereocenters. The number of halogens is 2. The summed E-state index contributed by atoms with van der Waals surface area (Å²) in [7, 11) is -2.91. The van der Waals surface area contributed by atoms with Gasteiger partial charge in [-0.05, 0) is 43.5 Å². The van der Waals surface area contributed by atoms with Crippen LogP contribution in [0.2, 0.25) is 0 Å². The second-order valence-electron chi connectivity index (χ2n) is 5.29. The van der Waals surface area contributed by atoms with Gasteiger partial charge in [0.2, 0.25) is 10.0 Å². The number of ether oxygens (including phenoxy) is 1. The van der Waals surface area contributed by atoms with Gasteiger partial charge in [-0.3, -0.25) is 0 Å². The zero-order valence-corrected chi connectivity index (χ0v) is 14.3. The Morgan fingerprint density at radius 2 is 2.13 bits per heavy atom. The van der Waals surface area contributed by atoms with Gasteiger partial charge in [0.25, 0.3) is 0 Å². The molecule has 9 heteroatoms. The van der Waals surface area contributed by atoms with E-state index in [0.717, 1.165) is 38.2 Å². The van der Waals surface area contributed by atoms with Crippen LogP contribution in [0.15, 0.2) is 23.1 Å². The summed E-state index contributed by atoms with van der Waals surface area (Å²) in [6, 6.07) is 2.64. The van der Waals surface area contributed by atoms with Crippen LogP contribution in [-0.4, -0.2) is 34.1 Å². The van der Waals surface area contributed by atoms with Crippen molar-refractivity contribution in [3.8, 4) is 0 Å². The van der Waals surface area contributed by atoms with Gasteiger partial charge in [-0.25, -0.2) is 22.3 Å². The van der Waals surface area contributed by atoms with Crippen molar-refractivity contribution in [1.29, 1.82) is 0 Å². The Morgan fingerprint density at radius 3 is 2.74 bits per heavy atom. The molecule has 2 atom stereocenters. The molecule has 0 aliphatic heterocycles. The molecule has 0 saturated heterocycles. The molecule has 1 aliphatic carbocycles. The lowest BCUT2D eigenvalue weighted by Crippen LogP contribution is -2.40. The SMILES string of the molecule is COC(=O)c1ccc(F)cc1S(=O)(=O)NC1CCCC1CN.Cl. The van der Waals surface area contributed by atoms with Gasteiger partial charge in [-0.2, -0.15) is 0 Å². The van der Waals surface area contributed by atoms with Crippen LogP contribution in [0.25, 0.3) is 0 Å². The van der Waals surface area contributed by atoms with Crippen molar-refractivity contribution in [3.63, 3.8) is 0 Å². The summed E-state index contributed by atoms with van der Waals surface area (Å²) in [4.78, 5) is 11.3. The molecule has 2 rings (SSSR count). The highest BCUT2D eigenvalue weighted by atomic mass is 35.5. The molecule has 3 N–H and O–H groups in total. The molecule has 130 valence electrons. The fraction of sp³-hybridized carbons (Fsp3) is 0.500. The van der Waals surface area contributed by atoms with Crippen molar-refractivity contribution < 1.29 is 22.3 Å². The average molecular weight is 367 g/mol. The van der Waals surface area contributed by atoms with Gasteiger partial charge in [0.05, 0.1) is 17.6 Å². The van der Waals surface area contributed by atoms with E-state index in [9.17, 15) is 17.6 Å². The number of benzene rings is 1. The fourth-order valence-electron chi connectivity index (χ4n) is 2.73. The van der Waals surface area contributed by atoms with Gasteiger partial charge in [-0.15, -0.1) is 12.4 Å². The zero-order valence-electron chi connectivity index (χ0n) is 12.6. The normalized spacial score (nSPS) is 20.8. The number of carbonyl (C=O) groups is 1. The third-order valence-corrected chi connectivity index (χ3v) is 5.44. The van der Waals surface area contributed by atoms with Crippen molar-refractivity contribution >= 4 is 28.4 Å². The third-order valence-electron chi connectivity index (χ3n) is 3.91. The minimum absolute atomic E-state index is 0. The predicted octanol–water partition coefficient (Wildman–Crippen LogP) is 1.44. The molecule has 1 aromatic rings. The summed E-state index contributed by atoms with van der Waals surface area (Å²) in [5, 5.41) is 0. The molecule has 0 radical (unpaired) electrons. The van der Waals surface area contributed by atoms with Gasteiger partial charge in [0.1, 0.15) is 5.82 Å². The molecule has 23 heavy (non-hydrogen) atoms. The predicted molar refractivity (Wildman–Crippen MR) is 85.5 cm³/mol. The van der Waals surface area contributed by atoms with E-state index < -0.39 is 26.7 Å². The van der Waals surface area contributed by atoms with Crippen molar-refractivity contribution in [3.05, 3.63) is 29.6 Å². The van der Waals surface area contributed by atoms with E-state index >= 15 is 0 Å². The maximum absolute atomic E-state index is 13.4. The number of carbonyl (C=O) groups excluding carboxylic acids is 1. The van der Waals surface area contributed by atoms with Gasteiger partial charge in [-0.1, -0.05) is 6.42 Å². The molecule has 6 nitrogen and oxygen atoms in total. The van der Waals surface area contributed by atoms with Gasteiger partial charge < -0.3 is 10.5 Å². The number of hydrogen-bond acceptors (Lipinski definition) is 5. The van der Waals surface area contributed by atoms with Gasteiger partial charge >= 0.3 is 5.97 Å². The first kappa shape index (κ1) is 19.8. The lowest BCUT2D eigenvalue weighted by molar-refractivity contribution is 0.0596. The molecule has 0 spiro atoms. The number of nitrogens with one attached hydrogen (secondary N) is 1. The maximum Gasteiger partial charge on any atom is 0.339 e. The molecule has 0 amide bonds. The van der Waals surface area contributed by atoms with Crippen LogP contribution in [0.4, 0.5) is 4.39 Å². The first-order valence-electron chi connectivity index (χ1n) is 6.99. The van der Waals surface area contributed by atoms with E-state index in [1.165, 1.54) is 0 Å². The van der Waals surface area contributed by atoms with Crippen molar-refractivity contribution in [2.24, 2.45) is 11.7 Å². The van der Waals surface area contributed by atoms with Crippen LogP contribution < -0.4 is 10.5 Å². The Bertz CT molecular complexity index is 669. The van der Waals surface area contributed by atoms with E-state index in [2.05, 4.69) is 9.46 Å². The minimum atomic E-state index is -4.04. The summed E-state index contributed by atoms with van der Waals surface area (Å²) in [5.74, 6) is -1.53. The molecule has 0 bridgehead atoms. The van der Waals surface area contributed by atoms with E-state index in [0.29, 0.717) is 13.0 Å². The van der Waals surface area contributed by atoms with E-state index in [1.807, 2.05) is 0 Å². The molecular formula is C14H20ClFN2O4S. The Kier molecular flexibility index (Phi) is 6.94. The molecule has 0 heterocycles. The summed E-state index contributed by atoms with van der Waals surface area (Å²) < 4.78 is 45.6. The lowest BCUT2D eigenvalue weighted by Gasteiger charge is -2.20. The summed E-state index contributed by atoms with van der Waals surface area (Å²) in [5.41, 5.74) is 5.44. The first-order chi connectivity index (χ1) is 10.4. The fourth-order valence-corrected chi connectivity index (χ4v) is 4.28. The van der Waals surface area contributed by atoms with Crippen molar-refractivity contribution in [2.75, 3.05) is 13.7 Å². The summed E-state index contributed by atoms with van der Waals surface area (Å²) in [6.45, 7) is 0.375. The highest BCUT2D eigenvalue weighted by molar-refractivity contribution is 7.89. The molecule has 1 saturated carbocycles. The quantitative estimate of drug-likeness (QED) is 0.768. The Labute approximate surface area is 141 Å². The molecule has 1 aromatic carbocycles. The van der Waals surface area contributed by atoms with Crippen LogP contribution in [0, 0.1) is 11.7 Å². The average Bonchev–Trinajstić information content (AvgIpc) is 2.92. The maximum atomic E-state index is 13.4. The number of methoxy groups -OCH3 is 1. The van der Waals surface area contributed by atoms with Crippen LogP contribution in [-0.2, 0) is 14.8 Å². The molecule has 1 fully saturated rings. The van der Waals surface area contributed by atoms with E-state index in [4.69, 9.17) is 5.73 Å². The number of esters is 1. The van der Waals surface area contributed by atoms with E-state index in [1.54, 1.807) is 0 Å². The first-order valence-corrected chi connectivity index (χ1v) is 8.47. The van der Waals surface area contributed by atoms with Crippen LogP contribution in [0.1, 0.15) is 29.6 Å². The number of sulfonamides is 1. The summed E-state index contributed by atoms with van der Waals surface area (Å²) >= 11 is 0. The third kappa shape index (κ3) is 4.41. The topological polar surface area (TPSA) is 98.5 Å². The Balaban J connectivity index is 0.00000264. The molecule has 1 aliphatic rings. The number of hydrogen-bond donors (Lipinski definition) is 2. The van der Waals surface area contributed by atoms with Crippen LogP contribution >= 0.6 is 12.4 Å². The number of nitrogens with two attached hydrogens (primary N) is 1. The lowest BCUT2D eigenvalue weighted by atomic mass is 10.1. The second-order valence-corrected chi connectivity index (χ2v) is 6.97. The Morgan fingerprint density at radius 1 is 1.43 bits per heavy atom. The zero-order chi connectivity index (χ0) is 16.3. The van der Waals surface area contributed by atoms with Crippen LogP contribution in [0.3, 0.4) is 0 Å². The molecular weight excluding hydrogens is 347 g/mol. The monoisotopic (exact) mass is 366 g/mol. The number of rotatable bonds is 5. The van der Waals surface area contributed by atoms with E-state index in [-0.39, 0.29) is 29.9 Å². The molecule has 0 aromatic heterocycles.